The molecule has 12 heavy (non-hydrogen) atoms. The fourth-order valence-electron chi connectivity index (χ4n) is 1.34. The van der Waals surface area contributed by atoms with Gasteiger partial charge in [-0.05, 0) is 36.7 Å². The Morgan fingerprint density at radius 3 is 2.83 bits per heavy atom. The number of halogens is 2. The second-order valence-corrected chi connectivity index (χ2v) is 3.37. The Bertz CT molecular complexity index is 297. The Balaban J connectivity index is 2.34. The first-order valence-corrected chi connectivity index (χ1v) is 4.33. The lowest BCUT2D eigenvalue weighted by Gasteiger charge is -2.28. The zero-order valence-electron chi connectivity index (χ0n) is 6.48. The lowest BCUT2D eigenvalue weighted by atomic mass is 9.98. The Kier molecular flexibility index (Phi) is 2.03. The maximum absolute atomic E-state index is 12.8. The summed E-state index contributed by atoms with van der Waals surface area (Å²) in [5, 5.41) is 3.83. The van der Waals surface area contributed by atoms with Crippen LogP contribution in [0.2, 0.25) is 5.02 Å². The van der Waals surface area contributed by atoms with Crippen LogP contribution in [0.15, 0.2) is 18.2 Å². The van der Waals surface area contributed by atoms with E-state index in [9.17, 15) is 4.39 Å². The van der Waals surface area contributed by atoms with Gasteiger partial charge in [0.25, 0.3) is 0 Å². The van der Waals surface area contributed by atoms with Crippen LogP contribution in [-0.2, 0) is 0 Å². The molecule has 1 fully saturated rings. The standard InChI is InChI=1S/C9H9ClFN/c10-8-2-1-6(11)5-7(8)9-3-4-12-9/h1-2,5,9,12H,3-4H2. The first-order valence-electron chi connectivity index (χ1n) is 3.96. The van der Waals surface area contributed by atoms with E-state index >= 15 is 0 Å². The quantitative estimate of drug-likeness (QED) is 0.709. The topological polar surface area (TPSA) is 12.0 Å². The third-order valence-corrected chi connectivity index (χ3v) is 2.50. The van der Waals surface area contributed by atoms with Gasteiger partial charge in [-0.15, -0.1) is 0 Å². The highest BCUT2D eigenvalue weighted by Crippen LogP contribution is 2.29. The molecule has 1 unspecified atom stereocenters. The monoisotopic (exact) mass is 185 g/mol. The first kappa shape index (κ1) is 8.02. The molecule has 64 valence electrons. The molecule has 0 aromatic heterocycles. The SMILES string of the molecule is Fc1ccc(Cl)c(C2CCN2)c1. The molecule has 0 aliphatic carbocycles. The second-order valence-electron chi connectivity index (χ2n) is 2.96. The van der Waals surface area contributed by atoms with Gasteiger partial charge in [-0.3, -0.25) is 0 Å². The minimum absolute atomic E-state index is 0.219. The smallest absolute Gasteiger partial charge is 0.123 e. The molecule has 1 saturated heterocycles. The maximum atomic E-state index is 12.8. The Labute approximate surface area is 75.5 Å². The van der Waals surface area contributed by atoms with Crippen molar-refractivity contribution in [1.29, 1.82) is 0 Å². The molecular weight excluding hydrogens is 177 g/mol. The number of hydrogen-bond acceptors (Lipinski definition) is 1. The van der Waals surface area contributed by atoms with Crippen LogP contribution in [0.5, 0.6) is 0 Å². The molecule has 1 aromatic carbocycles. The largest absolute Gasteiger partial charge is 0.310 e. The molecule has 1 atom stereocenters. The van der Waals surface area contributed by atoms with Crippen LogP contribution in [0.1, 0.15) is 18.0 Å². The van der Waals surface area contributed by atoms with E-state index in [-0.39, 0.29) is 11.9 Å². The van der Waals surface area contributed by atoms with E-state index in [4.69, 9.17) is 11.6 Å². The van der Waals surface area contributed by atoms with Crippen molar-refractivity contribution in [1.82, 2.24) is 5.32 Å². The van der Waals surface area contributed by atoms with E-state index in [1.165, 1.54) is 12.1 Å². The molecule has 0 spiro atoms. The molecule has 1 aromatic rings. The van der Waals surface area contributed by atoms with Gasteiger partial charge in [-0.2, -0.15) is 0 Å². The molecule has 0 bridgehead atoms. The molecule has 2 rings (SSSR count). The molecule has 1 aliphatic heterocycles. The Morgan fingerprint density at radius 1 is 1.50 bits per heavy atom. The summed E-state index contributed by atoms with van der Waals surface area (Å²) in [7, 11) is 0. The van der Waals surface area contributed by atoms with Crippen molar-refractivity contribution in [2.45, 2.75) is 12.5 Å². The average molecular weight is 186 g/mol. The third kappa shape index (κ3) is 1.32. The third-order valence-electron chi connectivity index (χ3n) is 2.16. The van der Waals surface area contributed by atoms with Crippen molar-refractivity contribution in [3.05, 3.63) is 34.6 Å². The molecule has 3 heteroatoms. The van der Waals surface area contributed by atoms with Crippen molar-refractivity contribution >= 4 is 11.6 Å². The minimum atomic E-state index is -0.219. The van der Waals surface area contributed by atoms with Gasteiger partial charge < -0.3 is 5.32 Å². The van der Waals surface area contributed by atoms with Gasteiger partial charge in [0.2, 0.25) is 0 Å². The predicted octanol–water partition coefficient (Wildman–Crippen LogP) is 2.51. The fourth-order valence-corrected chi connectivity index (χ4v) is 1.59. The predicted molar refractivity (Wildman–Crippen MR) is 46.8 cm³/mol. The van der Waals surface area contributed by atoms with Gasteiger partial charge in [-0.1, -0.05) is 11.6 Å². The van der Waals surface area contributed by atoms with Gasteiger partial charge in [0.15, 0.2) is 0 Å². The molecule has 1 N–H and O–H groups in total. The van der Waals surface area contributed by atoms with Crippen molar-refractivity contribution in [2.24, 2.45) is 0 Å². The molecule has 0 amide bonds. The van der Waals surface area contributed by atoms with E-state index in [1.54, 1.807) is 6.07 Å². The first-order chi connectivity index (χ1) is 5.77. The molecule has 1 aliphatic rings. The van der Waals surface area contributed by atoms with Crippen LogP contribution in [0, 0.1) is 5.82 Å². The molecule has 1 heterocycles. The van der Waals surface area contributed by atoms with Gasteiger partial charge in [0.1, 0.15) is 5.82 Å². The number of rotatable bonds is 1. The molecule has 0 radical (unpaired) electrons. The van der Waals surface area contributed by atoms with Crippen LogP contribution in [-0.4, -0.2) is 6.54 Å². The van der Waals surface area contributed by atoms with Gasteiger partial charge >= 0.3 is 0 Å². The maximum Gasteiger partial charge on any atom is 0.123 e. The van der Waals surface area contributed by atoms with Crippen molar-refractivity contribution in [2.75, 3.05) is 6.54 Å². The van der Waals surface area contributed by atoms with Crippen molar-refractivity contribution in [3.63, 3.8) is 0 Å². The van der Waals surface area contributed by atoms with Gasteiger partial charge in [0.05, 0.1) is 0 Å². The normalized spacial score (nSPS) is 22.0. The van der Waals surface area contributed by atoms with E-state index in [1.807, 2.05) is 0 Å². The van der Waals surface area contributed by atoms with Crippen LogP contribution in [0.25, 0.3) is 0 Å². The molecule has 0 saturated carbocycles. The van der Waals surface area contributed by atoms with E-state index in [2.05, 4.69) is 5.32 Å². The van der Waals surface area contributed by atoms with Gasteiger partial charge in [-0.25, -0.2) is 4.39 Å². The zero-order valence-corrected chi connectivity index (χ0v) is 7.24. The summed E-state index contributed by atoms with van der Waals surface area (Å²) in [6.07, 6.45) is 1.04. The van der Waals surface area contributed by atoms with Crippen molar-refractivity contribution < 1.29 is 4.39 Å². The molecule has 1 nitrogen and oxygen atoms in total. The van der Waals surface area contributed by atoms with Crippen molar-refractivity contribution in [3.8, 4) is 0 Å². The summed E-state index contributed by atoms with van der Waals surface area (Å²) in [6.45, 7) is 0.998. The summed E-state index contributed by atoms with van der Waals surface area (Å²) in [6, 6.07) is 4.74. The highest BCUT2D eigenvalue weighted by atomic mass is 35.5. The highest BCUT2D eigenvalue weighted by Gasteiger charge is 2.20. The average Bonchev–Trinajstić information content (AvgIpc) is 1.93. The lowest BCUT2D eigenvalue weighted by Crippen LogP contribution is -2.35. The molecular formula is C9H9ClFN. The lowest BCUT2D eigenvalue weighted by molar-refractivity contribution is 0.382. The highest BCUT2D eigenvalue weighted by molar-refractivity contribution is 6.31. The number of benzene rings is 1. The van der Waals surface area contributed by atoms with Crippen LogP contribution < -0.4 is 5.32 Å². The Morgan fingerprint density at radius 2 is 2.25 bits per heavy atom. The summed E-state index contributed by atoms with van der Waals surface area (Å²) in [4.78, 5) is 0. The summed E-state index contributed by atoms with van der Waals surface area (Å²) < 4.78 is 12.8. The zero-order chi connectivity index (χ0) is 8.55. The van der Waals surface area contributed by atoms with Crippen LogP contribution in [0.3, 0.4) is 0 Å². The fraction of sp³-hybridized carbons (Fsp3) is 0.333. The van der Waals surface area contributed by atoms with E-state index < -0.39 is 0 Å². The van der Waals surface area contributed by atoms with Crippen LogP contribution >= 0.6 is 11.6 Å². The summed E-state index contributed by atoms with van der Waals surface area (Å²) in [5.74, 6) is -0.219. The van der Waals surface area contributed by atoms with E-state index in [0.717, 1.165) is 18.5 Å². The summed E-state index contributed by atoms with van der Waals surface area (Å²) in [5.41, 5.74) is 0.878. The summed E-state index contributed by atoms with van der Waals surface area (Å²) >= 11 is 5.90. The van der Waals surface area contributed by atoms with Crippen LogP contribution in [0.4, 0.5) is 4.39 Å². The Hall–Kier alpha value is -0.600. The number of hydrogen-bond donors (Lipinski definition) is 1. The minimum Gasteiger partial charge on any atom is -0.310 e. The van der Waals surface area contributed by atoms with E-state index in [0.29, 0.717) is 5.02 Å². The van der Waals surface area contributed by atoms with Gasteiger partial charge in [0, 0.05) is 11.1 Å². The second kappa shape index (κ2) is 3.04. The number of nitrogens with one attached hydrogen (secondary N) is 1.